The highest BCUT2D eigenvalue weighted by Crippen LogP contribution is 2.28. The minimum absolute atomic E-state index is 0.161. The molecule has 3 aromatic rings. The Morgan fingerprint density at radius 3 is 2.64 bits per heavy atom. The number of primary amides is 1. The van der Waals surface area contributed by atoms with Gasteiger partial charge in [-0.1, -0.05) is 24.3 Å². The van der Waals surface area contributed by atoms with Gasteiger partial charge in [0.25, 0.3) is 11.8 Å². The van der Waals surface area contributed by atoms with Crippen LogP contribution in [0.5, 0.6) is 5.75 Å². The van der Waals surface area contributed by atoms with E-state index in [0.717, 1.165) is 5.56 Å². The van der Waals surface area contributed by atoms with E-state index in [0.29, 0.717) is 27.9 Å². The number of carbonyl (C=O) groups is 2. The molecular formula is C19H17N3O3. The lowest BCUT2D eigenvalue weighted by Crippen LogP contribution is -2.19. The third-order valence-corrected chi connectivity index (χ3v) is 3.94. The number of ether oxygens (including phenoxy) is 1. The number of carbonyl (C=O) groups excluding carboxylic acids is 2. The number of para-hydroxylation sites is 1. The number of anilines is 1. The summed E-state index contributed by atoms with van der Waals surface area (Å²) in [6.45, 7) is 1.91. The number of methoxy groups -OCH3 is 1. The molecule has 0 bridgehead atoms. The second-order valence-corrected chi connectivity index (χ2v) is 5.57. The second kappa shape index (κ2) is 6.60. The van der Waals surface area contributed by atoms with Crippen molar-refractivity contribution in [3.63, 3.8) is 0 Å². The smallest absolute Gasteiger partial charge is 0.255 e. The third kappa shape index (κ3) is 3.14. The van der Waals surface area contributed by atoms with Crippen LogP contribution in [0.3, 0.4) is 0 Å². The zero-order valence-corrected chi connectivity index (χ0v) is 13.9. The summed E-state index contributed by atoms with van der Waals surface area (Å²) < 4.78 is 5.14. The first-order chi connectivity index (χ1) is 12.0. The van der Waals surface area contributed by atoms with Crippen molar-refractivity contribution in [2.45, 2.75) is 6.92 Å². The molecule has 0 aliphatic carbocycles. The summed E-state index contributed by atoms with van der Waals surface area (Å²) in [5, 5.41) is 3.45. The lowest BCUT2D eigenvalue weighted by atomic mass is 10.1. The minimum atomic E-state index is -0.656. The molecule has 0 spiro atoms. The zero-order chi connectivity index (χ0) is 18.0. The molecule has 0 aliphatic heterocycles. The number of nitrogens with zero attached hydrogens (tertiary/aromatic N) is 1. The molecule has 0 atom stereocenters. The van der Waals surface area contributed by atoms with Crippen molar-refractivity contribution in [2.24, 2.45) is 5.73 Å². The van der Waals surface area contributed by atoms with E-state index in [1.807, 2.05) is 19.1 Å². The maximum atomic E-state index is 12.6. The van der Waals surface area contributed by atoms with E-state index in [4.69, 9.17) is 10.5 Å². The van der Waals surface area contributed by atoms with Gasteiger partial charge in [0.2, 0.25) is 0 Å². The number of nitrogens with two attached hydrogens (primary N) is 1. The molecule has 2 aromatic carbocycles. The van der Waals surface area contributed by atoms with Crippen molar-refractivity contribution in [2.75, 3.05) is 12.4 Å². The Morgan fingerprint density at radius 2 is 1.92 bits per heavy atom. The minimum Gasteiger partial charge on any atom is -0.497 e. The number of rotatable bonds is 4. The van der Waals surface area contributed by atoms with Gasteiger partial charge in [0.05, 0.1) is 23.9 Å². The number of nitrogens with one attached hydrogen (secondary N) is 1. The first kappa shape index (κ1) is 16.4. The van der Waals surface area contributed by atoms with Gasteiger partial charge in [-0.05, 0) is 30.7 Å². The standard InChI is InChI=1S/C19H17N3O3/c1-11-5-3-8-14-16(11)21-10-15(18(20)23)17(14)22-19(24)12-6-4-7-13(9-12)25-2/h3-10H,1-2H3,(H2,20,23)(H,21,22,24). The number of pyridine rings is 1. The number of amides is 2. The van der Waals surface area contributed by atoms with E-state index in [1.165, 1.54) is 13.3 Å². The van der Waals surface area contributed by atoms with Crippen LogP contribution in [-0.2, 0) is 0 Å². The number of aromatic nitrogens is 1. The van der Waals surface area contributed by atoms with Crippen molar-refractivity contribution >= 4 is 28.4 Å². The predicted molar refractivity (Wildman–Crippen MR) is 95.9 cm³/mol. The lowest BCUT2D eigenvalue weighted by molar-refractivity contribution is 0.100. The third-order valence-electron chi connectivity index (χ3n) is 3.94. The van der Waals surface area contributed by atoms with Gasteiger partial charge in [0.1, 0.15) is 5.75 Å². The van der Waals surface area contributed by atoms with E-state index < -0.39 is 5.91 Å². The van der Waals surface area contributed by atoms with Gasteiger partial charge in [-0.25, -0.2) is 0 Å². The van der Waals surface area contributed by atoms with E-state index in [2.05, 4.69) is 10.3 Å². The van der Waals surface area contributed by atoms with Crippen molar-refractivity contribution in [1.29, 1.82) is 0 Å². The normalized spacial score (nSPS) is 10.5. The van der Waals surface area contributed by atoms with E-state index in [-0.39, 0.29) is 11.5 Å². The van der Waals surface area contributed by atoms with Gasteiger partial charge in [0.15, 0.2) is 0 Å². The second-order valence-electron chi connectivity index (χ2n) is 5.57. The number of aryl methyl sites for hydroxylation is 1. The van der Waals surface area contributed by atoms with Crippen molar-refractivity contribution in [3.05, 3.63) is 65.4 Å². The summed E-state index contributed by atoms with van der Waals surface area (Å²) in [4.78, 5) is 28.7. The summed E-state index contributed by atoms with van der Waals surface area (Å²) >= 11 is 0. The Balaban J connectivity index is 2.10. The fourth-order valence-electron chi connectivity index (χ4n) is 2.64. The van der Waals surface area contributed by atoms with Crippen molar-refractivity contribution in [3.8, 4) is 5.75 Å². The fourth-order valence-corrected chi connectivity index (χ4v) is 2.64. The molecule has 25 heavy (non-hydrogen) atoms. The first-order valence-corrected chi connectivity index (χ1v) is 7.65. The van der Waals surface area contributed by atoms with Crippen molar-refractivity contribution in [1.82, 2.24) is 4.98 Å². The van der Waals surface area contributed by atoms with Crippen LogP contribution >= 0.6 is 0 Å². The summed E-state index contributed by atoms with van der Waals surface area (Å²) in [6, 6.07) is 12.3. The number of hydrogen-bond donors (Lipinski definition) is 2. The highest BCUT2D eigenvalue weighted by molar-refractivity contribution is 6.14. The van der Waals surface area contributed by atoms with Gasteiger partial charge in [-0.15, -0.1) is 0 Å². The highest BCUT2D eigenvalue weighted by Gasteiger charge is 2.17. The molecule has 2 amide bonds. The first-order valence-electron chi connectivity index (χ1n) is 7.65. The SMILES string of the molecule is COc1cccc(C(=O)Nc2c(C(N)=O)cnc3c(C)cccc23)c1. The topological polar surface area (TPSA) is 94.3 Å². The Bertz CT molecular complexity index is 983. The van der Waals surface area contributed by atoms with E-state index in [9.17, 15) is 9.59 Å². The van der Waals surface area contributed by atoms with Gasteiger partial charge in [-0.3, -0.25) is 14.6 Å². The molecule has 0 saturated heterocycles. The molecule has 126 valence electrons. The van der Waals surface area contributed by atoms with Crippen LogP contribution < -0.4 is 15.8 Å². The molecule has 0 radical (unpaired) electrons. The zero-order valence-electron chi connectivity index (χ0n) is 13.9. The summed E-state index contributed by atoms with van der Waals surface area (Å²) in [6.07, 6.45) is 1.39. The maximum absolute atomic E-state index is 12.6. The molecule has 0 fully saturated rings. The Kier molecular flexibility index (Phi) is 4.35. The quantitative estimate of drug-likeness (QED) is 0.766. The molecule has 6 heteroatoms. The van der Waals surface area contributed by atoms with Crippen LogP contribution in [0.1, 0.15) is 26.3 Å². The molecule has 3 N–H and O–H groups in total. The summed E-state index contributed by atoms with van der Waals surface area (Å²) in [7, 11) is 1.53. The molecular weight excluding hydrogens is 318 g/mol. The number of fused-ring (bicyclic) bond motifs is 1. The Morgan fingerprint density at radius 1 is 1.16 bits per heavy atom. The molecule has 0 aliphatic rings. The summed E-state index contributed by atoms with van der Waals surface area (Å²) in [5.74, 6) is -0.453. The van der Waals surface area contributed by atoms with Gasteiger partial charge in [-0.2, -0.15) is 0 Å². The van der Waals surface area contributed by atoms with Crippen LogP contribution in [0.15, 0.2) is 48.7 Å². The summed E-state index contributed by atoms with van der Waals surface area (Å²) in [5.41, 5.74) is 8.02. The van der Waals surface area contributed by atoms with Crippen LogP contribution in [0, 0.1) is 6.92 Å². The van der Waals surface area contributed by atoms with Gasteiger partial charge >= 0.3 is 0 Å². The van der Waals surface area contributed by atoms with Crippen molar-refractivity contribution < 1.29 is 14.3 Å². The largest absolute Gasteiger partial charge is 0.497 e. The Labute approximate surface area is 144 Å². The molecule has 0 unspecified atom stereocenters. The maximum Gasteiger partial charge on any atom is 0.255 e. The monoisotopic (exact) mass is 335 g/mol. The van der Waals surface area contributed by atoms with Crippen LogP contribution in [0.2, 0.25) is 0 Å². The predicted octanol–water partition coefficient (Wildman–Crippen LogP) is 2.90. The average Bonchev–Trinajstić information content (AvgIpc) is 2.62. The Hall–Kier alpha value is -3.41. The van der Waals surface area contributed by atoms with E-state index in [1.54, 1.807) is 30.3 Å². The highest BCUT2D eigenvalue weighted by atomic mass is 16.5. The molecule has 0 saturated carbocycles. The lowest BCUT2D eigenvalue weighted by Gasteiger charge is -2.13. The molecule has 1 aromatic heterocycles. The average molecular weight is 335 g/mol. The number of benzene rings is 2. The fraction of sp³-hybridized carbons (Fsp3) is 0.105. The molecule has 1 heterocycles. The molecule has 3 rings (SSSR count). The van der Waals surface area contributed by atoms with Crippen LogP contribution in [-0.4, -0.2) is 23.9 Å². The van der Waals surface area contributed by atoms with Gasteiger partial charge < -0.3 is 15.8 Å². The van der Waals surface area contributed by atoms with Crippen LogP contribution in [0.25, 0.3) is 10.9 Å². The number of hydrogen-bond acceptors (Lipinski definition) is 4. The van der Waals surface area contributed by atoms with E-state index >= 15 is 0 Å². The molecule has 6 nitrogen and oxygen atoms in total. The van der Waals surface area contributed by atoms with Crippen LogP contribution in [0.4, 0.5) is 5.69 Å². The van der Waals surface area contributed by atoms with Gasteiger partial charge in [0, 0.05) is 17.1 Å².